The van der Waals surface area contributed by atoms with Gasteiger partial charge < -0.3 is 20.8 Å². The van der Waals surface area contributed by atoms with Gasteiger partial charge in [0.25, 0.3) is 5.91 Å². The molecule has 1 aromatic carbocycles. The minimum atomic E-state index is -0.267. The maximum atomic E-state index is 12.2. The first-order valence-electron chi connectivity index (χ1n) is 6.56. The van der Waals surface area contributed by atoms with E-state index >= 15 is 0 Å². The number of nitrogens with two attached hydrogens (primary N) is 1. The van der Waals surface area contributed by atoms with E-state index in [1.165, 1.54) is 18.2 Å². The molecule has 0 bridgehead atoms. The Hall–Kier alpha value is -1.75. The van der Waals surface area contributed by atoms with Crippen molar-refractivity contribution in [3.63, 3.8) is 0 Å². The molecule has 1 atom stereocenters. The van der Waals surface area contributed by atoms with E-state index < -0.39 is 0 Å². The number of phenolic OH excluding ortho intramolecular Hbond substituents is 2. The quantitative estimate of drug-likeness (QED) is 0.703. The Morgan fingerprint density at radius 1 is 1.32 bits per heavy atom. The highest BCUT2D eigenvalue weighted by Crippen LogP contribution is 2.27. The zero-order chi connectivity index (χ0) is 14.0. The lowest BCUT2D eigenvalue weighted by Crippen LogP contribution is -2.42. The minimum absolute atomic E-state index is 0.113. The number of hydrogen-bond donors (Lipinski definition) is 3. The summed E-state index contributed by atoms with van der Waals surface area (Å²) in [5.74, 6) is -0.126. The third-order valence-corrected chi connectivity index (χ3v) is 3.79. The van der Waals surface area contributed by atoms with Crippen LogP contribution in [0.3, 0.4) is 0 Å². The highest BCUT2D eigenvalue weighted by Gasteiger charge is 2.25. The van der Waals surface area contributed by atoms with Gasteiger partial charge in [-0.25, -0.2) is 0 Å². The van der Waals surface area contributed by atoms with Gasteiger partial charge in [0.05, 0.1) is 0 Å². The molecule has 1 unspecified atom stereocenters. The lowest BCUT2D eigenvalue weighted by molar-refractivity contribution is 0.0680. The minimum Gasteiger partial charge on any atom is -0.504 e. The Labute approximate surface area is 112 Å². The molecule has 1 saturated heterocycles. The number of phenols is 2. The summed E-state index contributed by atoms with van der Waals surface area (Å²) in [5, 5.41) is 18.7. The molecule has 104 valence electrons. The Balaban J connectivity index is 2.03. The summed E-state index contributed by atoms with van der Waals surface area (Å²) >= 11 is 0. The van der Waals surface area contributed by atoms with Crippen molar-refractivity contribution in [2.45, 2.75) is 25.8 Å². The molecular weight excluding hydrogens is 244 g/mol. The number of benzene rings is 1. The molecule has 1 aliphatic heterocycles. The molecule has 19 heavy (non-hydrogen) atoms. The summed E-state index contributed by atoms with van der Waals surface area (Å²) < 4.78 is 0. The van der Waals surface area contributed by atoms with Gasteiger partial charge in [-0.1, -0.05) is 0 Å². The third-order valence-electron chi connectivity index (χ3n) is 3.79. The Morgan fingerprint density at radius 2 is 1.95 bits per heavy atom. The van der Waals surface area contributed by atoms with E-state index in [-0.39, 0.29) is 23.4 Å². The van der Waals surface area contributed by atoms with E-state index in [0.29, 0.717) is 24.6 Å². The van der Waals surface area contributed by atoms with Crippen molar-refractivity contribution < 1.29 is 15.0 Å². The second-order valence-electron chi connectivity index (χ2n) is 5.19. The monoisotopic (exact) mass is 264 g/mol. The molecule has 0 radical (unpaired) electrons. The van der Waals surface area contributed by atoms with Crippen molar-refractivity contribution in [1.29, 1.82) is 0 Å². The molecule has 1 fully saturated rings. The molecule has 1 amide bonds. The van der Waals surface area contributed by atoms with Gasteiger partial charge in [-0.15, -0.1) is 0 Å². The predicted octanol–water partition coefficient (Wildman–Crippen LogP) is 1.30. The first kappa shape index (κ1) is 13.7. The van der Waals surface area contributed by atoms with Crippen molar-refractivity contribution in [3.05, 3.63) is 23.8 Å². The van der Waals surface area contributed by atoms with Crippen molar-refractivity contribution >= 4 is 5.91 Å². The van der Waals surface area contributed by atoms with Gasteiger partial charge in [-0.3, -0.25) is 4.79 Å². The van der Waals surface area contributed by atoms with Crippen LogP contribution in [0.2, 0.25) is 0 Å². The summed E-state index contributed by atoms with van der Waals surface area (Å²) in [7, 11) is 0. The van der Waals surface area contributed by atoms with Crippen LogP contribution in [0.5, 0.6) is 11.5 Å². The van der Waals surface area contributed by atoms with Crippen LogP contribution >= 0.6 is 0 Å². The van der Waals surface area contributed by atoms with Crippen LogP contribution in [-0.2, 0) is 0 Å². The number of piperidine rings is 1. The molecule has 0 saturated carbocycles. The zero-order valence-corrected chi connectivity index (χ0v) is 11.0. The molecule has 0 aromatic heterocycles. The van der Waals surface area contributed by atoms with Crippen LogP contribution in [0.25, 0.3) is 0 Å². The summed E-state index contributed by atoms with van der Waals surface area (Å²) in [6, 6.07) is 4.32. The molecule has 5 heteroatoms. The molecule has 4 N–H and O–H groups in total. The molecule has 1 aromatic rings. The standard InChI is InChI=1S/C14H20N2O3/c1-9(15)10-4-6-16(7-5-10)14(19)11-2-3-12(17)13(18)8-11/h2-3,8-10,17-18H,4-7,15H2,1H3. The van der Waals surface area contributed by atoms with E-state index in [1.807, 2.05) is 6.92 Å². The van der Waals surface area contributed by atoms with Crippen LogP contribution < -0.4 is 5.73 Å². The lowest BCUT2D eigenvalue weighted by atomic mass is 9.90. The smallest absolute Gasteiger partial charge is 0.253 e. The van der Waals surface area contributed by atoms with Crippen LogP contribution in [0, 0.1) is 5.92 Å². The van der Waals surface area contributed by atoms with Gasteiger partial charge in [-0.05, 0) is 43.9 Å². The molecule has 0 spiro atoms. The summed E-state index contributed by atoms with van der Waals surface area (Å²) in [6.07, 6.45) is 1.82. The highest BCUT2D eigenvalue weighted by molar-refractivity contribution is 5.94. The summed E-state index contributed by atoms with van der Waals surface area (Å²) in [4.78, 5) is 14.0. The fraction of sp³-hybridized carbons (Fsp3) is 0.500. The topological polar surface area (TPSA) is 86.8 Å². The molecule has 1 heterocycles. The molecule has 1 aliphatic rings. The van der Waals surface area contributed by atoms with Crippen LogP contribution in [-0.4, -0.2) is 40.2 Å². The second kappa shape index (κ2) is 5.48. The Kier molecular flexibility index (Phi) is 3.95. The van der Waals surface area contributed by atoms with Crippen molar-refractivity contribution in [1.82, 2.24) is 4.90 Å². The normalized spacial score (nSPS) is 18.3. The molecule has 0 aliphatic carbocycles. The Morgan fingerprint density at radius 3 is 2.47 bits per heavy atom. The Bertz CT molecular complexity index is 466. The van der Waals surface area contributed by atoms with E-state index in [4.69, 9.17) is 5.73 Å². The van der Waals surface area contributed by atoms with Gasteiger partial charge in [0.15, 0.2) is 11.5 Å². The summed E-state index contributed by atoms with van der Waals surface area (Å²) in [5.41, 5.74) is 6.27. The lowest BCUT2D eigenvalue weighted by Gasteiger charge is -2.33. The number of nitrogens with zero attached hydrogens (tertiary/aromatic N) is 1. The first-order chi connectivity index (χ1) is 8.99. The number of likely N-dealkylation sites (tertiary alicyclic amines) is 1. The maximum absolute atomic E-state index is 12.2. The number of aromatic hydroxyl groups is 2. The largest absolute Gasteiger partial charge is 0.504 e. The van der Waals surface area contributed by atoms with E-state index in [2.05, 4.69) is 0 Å². The number of hydrogen-bond acceptors (Lipinski definition) is 4. The zero-order valence-electron chi connectivity index (χ0n) is 11.0. The fourth-order valence-corrected chi connectivity index (χ4v) is 2.47. The van der Waals surface area contributed by atoms with Crippen molar-refractivity contribution in [2.24, 2.45) is 11.7 Å². The average Bonchev–Trinajstić information content (AvgIpc) is 2.41. The highest BCUT2D eigenvalue weighted by atomic mass is 16.3. The summed E-state index contributed by atoms with van der Waals surface area (Å²) in [6.45, 7) is 3.37. The number of carbonyl (C=O) groups excluding carboxylic acids is 1. The van der Waals surface area contributed by atoms with Crippen LogP contribution in [0.15, 0.2) is 18.2 Å². The SMILES string of the molecule is CC(N)C1CCN(C(=O)c2ccc(O)c(O)c2)CC1. The number of amides is 1. The second-order valence-corrected chi connectivity index (χ2v) is 5.19. The average molecular weight is 264 g/mol. The maximum Gasteiger partial charge on any atom is 0.253 e. The fourth-order valence-electron chi connectivity index (χ4n) is 2.47. The van der Waals surface area contributed by atoms with Gasteiger partial charge in [0.1, 0.15) is 0 Å². The van der Waals surface area contributed by atoms with Gasteiger partial charge in [0, 0.05) is 24.7 Å². The van der Waals surface area contributed by atoms with Crippen molar-refractivity contribution in [3.8, 4) is 11.5 Å². The van der Waals surface area contributed by atoms with Gasteiger partial charge in [0.2, 0.25) is 0 Å². The van der Waals surface area contributed by atoms with Crippen LogP contribution in [0.4, 0.5) is 0 Å². The van der Waals surface area contributed by atoms with Crippen LogP contribution in [0.1, 0.15) is 30.1 Å². The van der Waals surface area contributed by atoms with E-state index in [1.54, 1.807) is 4.90 Å². The van der Waals surface area contributed by atoms with E-state index in [0.717, 1.165) is 12.8 Å². The van der Waals surface area contributed by atoms with Gasteiger partial charge >= 0.3 is 0 Å². The predicted molar refractivity (Wildman–Crippen MR) is 72.0 cm³/mol. The van der Waals surface area contributed by atoms with Gasteiger partial charge in [-0.2, -0.15) is 0 Å². The van der Waals surface area contributed by atoms with Crippen molar-refractivity contribution in [2.75, 3.05) is 13.1 Å². The molecular formula is C14H20N2O3. The molecule has 5 nitrogen and oxygen atoms in total. The third kappa shape index (κ3) is 2.98. The first-order valence-corrected chi connectivity index (χ1v) is 6.56. The molecule has 2 rings (SSSR count). The number of rotatable bonds is 2. The number of carbonyl (C=O) groups is 1. The van der Waals surface area contributed by atoms with E-state index in [9.17, 15) is 15.0 Å².